The zero-order chi connectivity index (χ0) is 15.3. The Hall–Kier alpha value is -0.990. The molecule has 2 heterocycles. The van der Waals surface area contributed by atoms with Gasteiger partial charge in [-0.25, -0.2) is 8.42 Å². The van der Waals surface area contributed by atoms with Crippen LogP contribution in [0.3, 0.4) is 0 Å². The number of sulfone groups is 1. The summed E-state index contributed by atoms with van der Waals surface area (Å²) >= 11 is 0. The highest BCUT2D eigenvalue weighted by molar-refractivity contribution is 7.91. The third kappa shape index (κ3) is 5.72. The molecule has 0 amide bonds. The van der Waals surface area contributed by atoms with Crippen molar-refractivity contribution in [1.29, 1.82) is 0 Å². The number of nitrogens with one attached hydrogen (secondary N) is 1. The molecule has 1 aromatic rings. The molecule has 0 bridgehead atoms. The molecule has 1 aromatic heterocycles. The average Bonchev–Trinajstić information content (AvgIpc) is 2.79. The predicted octanol–water partition coefficient (Wildman–Crippen LogP) is -0.103. The molecule has 21 heavy (non-hydrogen) atoms. The number of hydrogen-bond acceptors (Lipinski definition) is 6. The van der Waals surface area contributed by atoms with Crippen LogP contribution in [-0.2, 0) is 22.9 Å². The monoisotopic (exact) mass is 315 g/mol. The zero-order valence-corrected chi connectivity index (χ0v) is 13.6. The lowest BCUT2D eigenvalue weighted by molar-refractivity contribution is 0.276. The van der Waals surface area contributed by atoms with Crippen molar-refractivity contribution in [2.45, 2.75) is 39.4 Å². The molecule has 0 aliphatic carbocycles. The van der Waals surface area contributed by atoms with Gasteiger partial charge < -0.3 is 10.2 Å². The van der Waals surface area contributed by atoms with Crippen molar-refractivity contribution in [3.63, 3.8) is 0 Å². The Labute approximate surface area is 126 Å². The van der Waals surface area contributed by atoms with E-state index >= 15 is 0 Å². The molecule has 1 fully saturated rings. The van der Waals surface area contributed by atoms with Crippen LogP contribution in [0.15, 0.2) is 6.20 Å². The largest absolute Gasteiger partial charge is 0.309 e. The van der Waals surface area contributed by atoms with Crippen LogP contribution >= 0.6 is 0 Å². The van der Waals surface area contributed by atoms with E-state index in [9.17, 15) is 8.42 Å². The van der Waals surface area contributed by atoms with Gasteiger partial charge >= 0.3 is 0 Å². The quantitative estimate of drug-likeness (QED) is 0.789. The van der Waals surface area contributed by atoms with Crippen LogP contribution in [0.4, 0.5) is 0 Å². The van der Waals surface area contributed by atoms with E-state index < -0.39 is 9.84 Å². The first-order chi connectivity index (χ1) is 9.94. The molecule has 1 aliphatic rings. The molecule has 0 unspecified atom stereocenters. The molecule has 0 aromatic carbocycles. The minimum Gasteiger partial charge on any atom is -0.309 e. The van der Waals surface area contributed by atoms with E-state index in [1.165, 1.54) is 0 Å². The van der Waals surface area contributed by atoms with Gasteiger partial charge in [-0.2, -0.15) is 0 Å². The van der Waals surface area contributed by atoms with E-state index in [2.05, 4.69) is 34.4 Å². The maximum Gasteiger partial charge on any atom is 0.151 e. The minimum atomic E-state index is -2.83. The van der Waals surface area contributed by atoms with Gasteiger partial charge in [0.25, 0.3) is 0 Å². The highest BCUT2D eigenvalue weighted by atomic mass is 32.2. The van der Waals surface area contributed by atoms with Gasteiger partial charge in [-0.15, -0.1) is 5.10 Å². The van der Waals surface area contributed by atoms with E-state index in [0.29, 0.717) is 18.3 Å². The van der Waals surface area contributed by atoms with Gasteiger partial charge in [-0.3, -0.25) is 4.68 Å². The van der Waals surface area contributed by atoms with Crippen LogP contribution in [0, 0.1) is 0 Å². The van der Waals surface area contributed by atoms with Gasteiger partial charge in [0.1, 0.15) is 0 Å². The highest BCUT2D eigenvalue weighted by Gasteiger charge is 2.18. The molecule has 7 nitrogen and oxygen atoms in total. The van der Waals surface area contributed by atoms with E-state index in [1.807, 2.05) is 10.9 Å². The Kier molecular flexibility index (Phi) is 5.72. The Balaban J connectivity index is 1.78. The standard InChI is InChI=1S/C13H25N5O2S/c1-12(2)14-10-13-11-18(16-15-13)6-5-17-4-3-8-21(19,20)9-7-17/h11-12,14H,3-10H2,1-2H3. The third-order valence-corrected chi connectivity index (χ3v) is 5.29. The number of nitrogens with zero attached hydrogens (tertiary/aromatic N) is 4. The van der Waals surface area contributed by atoms with E-state index in [1.54, 1.807) is 0 Å². The summed E-state index contributed by atoms with van der Waals surface area (Å²) < 4.78 is 24.9. The predicted molar refractivity (Wildman–Crippen MR) is 81.7 cm³/mol. The molecule has 1 saturated heterocycles. The van der Waals surface area contributed by atoms with Crippen molar-refractivity contribution in [3.05, 3.63) is 11.9 Å². The molecule has 1 N–H and O–H groups in total. The van der Waals surface area contributed by atoms with E-state index in [4.69, 9.17) is 0 Å². The Morgan fingerprint density at radius 1 is 1.29 bits per heavy atom. The molecule has 0 saturated carbocycles. The van der Waals surface area contributed by atoms with Crippen LogP contribution < -0.4 is 5.32 Å². The maximum absolute atomic E-state index is 11.6. The van der Waals surface area contributed by atoms with Gasteiger partial charge in [0.15, 0.2) is 9.84 Å². The van der Waals surface area contributed by atoms with E-state index in [0.717, 1.165) is 38.3 Å². The van der Waals surface area contributed by atoms with Crippen molar-refractivity contribution in [1.82, 2.24) is 25.2 Å². The summed E-state index contributed by atoms with van der Waals surface area (Å²) in [7, 11) is -2.83. The molecule has 120 valence electrons. The molecule has 8 heteroatoms. The van der Waals surface area contributed by atoms with Gasteiger partial charge in [-0.1, -0.05) is 19.1 Å². The normalized spacial score (nSPS) is 19.8. The van der Waals surface area contributed by atoms with Crippen LogP contribution in [0.1, 0.15) is 26.0 Å². The fourth-order valence-electron chi connectivity index (χ4n) is 2.30. The smallest absolute Gasteiger partial charge is 0.151 e. The third-order valence-electron chi connectivity index (χ3n) is 3.57. The number of rotatable bonds is 6. The topological polar surface area (TPSA) is 80.1 Å². The van der Waals surface area contributed by atoms with Crippen LogP contribution in [0.25, 0.3) is 0 Å². The average molecular weight is 315 g/mol. The van der Waals surface area contributed by atoms with Crippen LogP contribution in [0.5, 0.6) is 0 Å². The second-order valence-electron chi connectivity index (χ2n) is 5.86. The van der Waals surface area contributed by atoms with Crippen molar-refractivity contribution in [2.75, 3.05) is 31.1 Å². The first-order valence-electron chi connectivity index (χ1n) is 7.50. The van der Waals surface area contributed by atoms with Gasteiger partial charge in [0, 0.05) is 31.9 Å². The van der Waals surface area contributed by atoms with Crippen molar-refractivity contribution in [3.8, 4) is 0 Å². The van der Waals surface area contributed by atoms with Gasteiger partial charge in [-0.05, 0) is 13.0 Å². The molecule has 0 spiro atoms. The summed E-state index contributed by atoms with van der Waals surface area (Å²) in [6, 6.07) is 0.425. The zero-order valence-electron chi connectivity index (χ0n) is 12.8. The fraction of sp³-hybridized carbons (Fsp3) is 0.846. The molecular formula is C13H25N5O2S. The van der Waals surface area contributed by atoms with Gasteiger partial charge in [0.05, 0.1) is 23.7 Å². The van der Waals surface area contributed by atoms with Crippen LogP contribution in [0.2, 0.25) is 0 Å². The molecule has 1 aliphatic heterocycles. The highest BCUT2D eigenvalue weighted by Crippen LogP contribution is 2.05. The summed E-state index contributed by atoms with van der Waals surface area (Å²) in [6.07, 6.45) is 2.67. The minimum absolute atomic E-state index is 0.272. The van der Waals surface area contributed by atoms with Gasteiger partial charge in [0.2, 0.25) is 0 Å². The van der Waals surface area contributed by atoms with Crippen molar-refractivity contribution < 1.29 is 8.42 Å². The second-order valence-corrected chi connectivity index (χ2v) is 8.16. The SMILES string of the molecule is CC(C)NCc1cn(CCN2CCCS(=O)(=O)CC2)nn1. The summed E-state index contributed by atoms with van der Waals surface area (Å²) in [5, 5.41) is 11.5. The lowest BCUT2D eigenvalue weighted by atomic mass is 10.3. The summed E-state index contributed by atoms with van der Waals surface area (Å²) in [4.78, 5) is 2.19. The Morgan fingerprint density at radius 2 is 2.10 bits per heavy atom. The van der Waals surface area contributed by atoms with Crippen molar-refractivity contribution in [2.24, 2.45) is 0 Å². The molecule has 0 atom stereocenters. The Bertz CT molecular complexity index is 541. The molecular weight excluding hydrogens is 290 g/mol. The molecule has 0 radical (unpaired) electrons. The lowest BCUT2D eigenvalue weighted by Gasteiger charge is -2.18. The lowest BCUT2D eigenvalue weighted by Crippen LogP contribution is -2.30. The van der Waals surface area contributed by atoms with Crippen molar-refractivity contribution >= 4 is 9.84 Å². The van der Waals surface area contributed by atoms with E-state index in [-0.39, 0.29) is 5.75 Å². The number of aromatic nitrogens is 3. The first-order valence-corrected chi connectivity index (χ1v) is 9.32. The maximum atomic E-state index is 11.6. The summed E-state index contributed by atoms with van der Waals surface area (Å²) in [5.41, 5.74) is 0.933. The summed E-state index contributed by atoms with van der Waals surface area (Å²) in [6.45, 7) is 7.94. The van der Waals surface area contributed by atoms with Crippen LogP contribution in [-0.4, -0.2) is 65.5 Å². The summed E-state index contributed by atoms with van der Waals surface area (Å²) in [5.74, 6) is 0.589. The second kappa shape index (κ2) is 7.33. The number of hydrogen-bond donors (Lipinski definition) is 1. The Morgan fingerprint density at radius 3 is 2.86 bits per heavy atom. The fourth-order valence-corrected chi connectivity index (χ4v) is 3.60. The molecule has 2 rings (SSSR count). The first kappa shape index (κ1) is 16.4.